The Morgan fingerprint density at radius 1 is 0.848 bits per heavy atom. The maximum atomic E-state index is 13.4. The number of urea groups is 1. The maximum absolute atomic E-state index is 13.4. The van der Waals surface area contributed by atoms with Crippen LogP contribution >= 0.6 is 0 Å². The predicted octanol–water partition coefficient (Wildman–Crippen LogP) is 3.73. The Hall–Kier alpha value is -3.94. The molecule has 2 aliphatic rings. The van der Waals surface area contributed by atoms with Crippen molar-refractivity contribution in [1.82, 2.24) is 14.8 Å². The summed E-state index contributed by atoms with van der Waals surface area (Å²) in [5.74, 6) is 0.607. The number of aromatic nitrogens is 1. The number of nitrogens with zero attached hydrogens (tertiary/aromatic N) is 4. The number of hydrogen-bond donors (Lipinski definition) is 1. The van der Waals surface area contributed by atoms with Gasteiger partial charge in [-0.25, -0.2) is 14.2 Å². The van der Waals surface area contributed by atoms with E-state index >= 15 is 0 Å². The van der Waals surface area contributed by atoms with Crippen LogP contribution in [0.3, 0.4) is 0 Å². The summed E-state index contributed by atoms with van der Waals surface area (Å²) >= 11 is 0. The van der Waals surface area contributed by atoms with E-state index in [1.54, 1.807) is 41.4 Å². The van der Waals surface area contributed by atoms with Crippen LogP contribution < -0.4 is 10.2 Å². The molecule has 1 aromatic heterocycles. The fourth-order valence-electron chi connectivity index (χ4n) is 4.27. The van der Waals surface area contributed by atoms with Gasteiger partial charge in [0.25, 0.3) is 5.91 Å². The number of amides is 3. The van der Waals surface area contributed by atoms with Crippen LogP contribution in [0.5, 0.6) is 0 Å². The zero-order chi connectivity index (χ0) is 22.8. The number of pyridine rings is 1. The van der Waals surface area contributed by atoms with E-state index in [4.69, 9.17) is 0 Å². The van der Waals surface area contributed by atoms with E-state index in [-0.39, 0.29) is 17.8 Å². The van der Waals surface area contributed by atoms with Crippen molar-refractivity contribution < 1.29 is 14.0 Å². The third-order valence-electron chi connectivity index (χ3n) is 6.10. The zero-order valence-corrected chi connectivity index (χ0v) is 18.1. The van der Waals surface area contributed by atoms with E-state index in [2.05, 4.69) is 15.2 Å². The molecule has 0 bridgehead atoms. The van der Waals surface area contributed by atoms with Gasteiger partial charge in [0.1, 0.15) is 11.6 Å². The SMILES string of the molecule is O=C(Nc1ccc(C(=O)N2CCN(c3ccccn3)CC2)cc1)N1Cc2ccc(F)cc2C1. The topological polar surface area (TPSA) is 68.8 Å². The molecule has 8 heteroatoms. The van der Waals surface area contributed by atoms with Gasteiger partial charge in [0.2, 0.25) is 0 Å². The summed E-state index contributed by atoms with van der Waals surface area (Å²) in [7, 11) is 0. The average Bonchev–Trinajstić information content (AvgIpc) is 3.28. The van der Waals surface area contributed by atoms with Crippen molar-refractivity contribution >= 4 is 23.4 Å². The molecule has 3 aromatic rings. The number of benzene rings is 2. The van der Waals surface area contributed by atoms with Gasteiger partial charge in [0.15, 0.2) is 0 Å². The lowest BCUT2D eigenvalue weighted by atomic mass is 10.1. The molecule has 0 unspecified atom stereocenters. The first-order valence-electron chi connectivity index (χ1n) is 11.0. The number of nitrogens with one attached hydrogen (secondary N) is 1. The molecule has 1 fully saturated rings. The lowest BCUT2D eigenvalue weighted by Gasteiger charge is -2.35. The summed E-state index contributed by atoms with van der Waals surface area (Å²) in [6.07, 6.45) is 1.77. The van der Waals surface area contributed by atoms with E-state index in [9.17, 15) is 14.0 Å². The Balaban J connectivity index is 1.15. The summed E-state index contributed by atoms with van der Waals surface area (Å²) in [6.45, 7) is 3.55. The van der Waals surface area contributed by atoms with Crippen LogP contribution in [0, 0.1) is 5.82 Å². The Morgan fingerprint density at radius 2 is 1.61 bits per heavy atom. The minimum Gasteiger partial charge on any atom is -0.353 e. The molecule has 3 heterocycles. The van der Waals surface area contributed by atoms with Crippen molar-refractivity contribution in [2.24, 2.45) is 0 Å². The van der Waals surface area contributed by atoms with Crippen molar-refractivity contribution in [2.45, 2.75) is 13.1 Å². The Labute approximate surface area is 191 Å². The first kappa shape index (κ1) is 20.9. The number of piperazine rings is 1. The van der Waals surface area contributed by atoms with Crippen LogP contribution in [0.25, 0.3) is 0 Å². The summed E-state index contributed by atoms with van der Waals surface area (Å²) in [5.41, 5.74) is 2.98. The van der Waals surface area contributed by atoms with Crippen LogP contribution in [0.2, 0.25) is 0 Å². The highest BCUT2D eigenvalue weighted by Crippen LogP contribution is 2.24. The van der Waals surface area contributed by atoms with Crippen molar-refractivity contribution in [3.05, 3.63) is 89.4 Å². The van der Waals surface area contributed by atoms with Gasteiger partial charge in [-0.05, 0) is 59.7 Å². The molecule has 0 aliphatic carbocycles. The predicted molar refractivity (Wildman–Crippen MR) is 123 cm³/mol. The fraction of sp³-hybridized carbons (Fsp3) is 0.240. The van der Waals surface area contributed by atoms with Gasteiger partial charge in [0, 0.05) is 56.7 Å². The first-order chi connectivity index (χ1) is 16.1. The number of hydrogen-bond acceptors (Lipinski definition) is 4. The Bertz CT molecular complexity index is 1160. The zero-order valence-electron chi connectivity index (χ0n) is 18.1. The summed E-state index contributed by atoms with van der Waals surface area (Å²) in [4.78, 5) is 35.5. The van der Waals surface area contributed by atoms with Gasteiger partial charge >= 0.3 is 6.03 Å². The second-order valence-electron chi connectivity index (χ2n) is 8.24. The van der Waals surface area contributed by atoms with Crippen molar-refractivity contribution in [3.8, 4) is 0 Å². The summed E-state index contributed by atoms with van der Waals surface area (Å²) in [6, 6.07) is 17.1. The smallest absolute Gasteiger partial charge is 0.322 e. The van der Waals surface area contributed by atoms with Gasteiger partial charge in [0.05, 0.1) is 0 Å². The number of anilines is 2. The standard InChI is InChI=1S/C25H24FN5O2/c26-21-7-4-19-16-31(17-20(19)15-21)25(33)28-22-8-5-18(6-9-22)24(32)30-13-11-29(12-14-30)23-3-1-2-10-27-23/h1-10,15H,11-14,16-17H2,(H,28,33). The van der Waals surface area contributed by atoms with Crippen LogP contribution in [0.15, 0.2) is 66.9 Å². The molecule has 2 aromatic carbocycles. The van der Waals surface area contributed by atoms with Crippen molar-refractivity contribution in [3.63, 3.8) is 0 Å². The quantitative estimate of drug-likeness (QED) is 0.667. The van der Waals surface area contributed by atoms with Crippen LogP contribution in [-0.2, 0) is 13.1 Å². The van der Waals surface area contributed by atoms with Crippen molar-refractivity contribution in [1.29, 1.82) is 0 Å². The molecule has 33 heavy (non-hydrogen) atoms. The molecule has 168 valence electrons. The number of carbonyl (C=O) groups excluding carboxylic acids is 2. The van der Waals surface area contributed by atoms with E-state index in [0.717, 1.165) is 30.0 Å². The number of carbonyl (C=O) groups is 2. The molecule has 0 saturated carbocycles. The number of halogens is 1. The fourth-order valence-corrected chi connectivity index (χ4v) is 4.27. The van der Waals surface area contributed by atoms with Crippen LogP contribution in [-0.4, -0.2) is 52.9 Å². The number of rotatable bonds is 3. The van der Waals surface area contributed by atoms with Gasteiger partial charge < -0.3 is 20.0 Å². The molecular weight excluding hydrogens is 421 g/mol. The largest absolute Gasteiger partial charge is 0.353 e. The van der Waals surface area contributed by atoms with Gasteiger partial charge in [-0.15, -0.1) is 0 Å². The van der Waals surface area contributed by atoms with E-state index < -0.39 is 0 Å². The second-order valence-corrected chi connectivity index (χ2v) is 8.24. The highest BCUT2D eigenvalue weighted by Gasteiger charge is 2.25. The monoisotopic (exact) mass is 445 g/mol. The molecule has 2 aliphatic heterocycles. The Morgan fingerprint density at radius 3 is 2.33 bits per heavy atom. The van der Waals surface area contributed by atoms with Crippen molar-refractivity contribution in [2.75, 3.05) is 36.4 Å². The summed E-state index contributed by atoms with van der Waals surface area (Å²) < 4.78 is 13.4. The number of fused-ring (bicyclic) bond motifs is 1. The normalized spacial score (nSPS) is 15.4. The third kappa shape index (κ3) is 4.50. The molecule has 1 saturated heterocycles. The summed E-state index contributed by atoms with van der Waals surface area (Å²) in [5, 5.41) is 2.86. The van der Waals surface area contributed by atoms with E-state index in [0.29, 0.717) is 37.4 Å². The lowest BCUT2D eigenvalue weighted by Crippen LogP contribution is -2.49. The molecule has 5 rings (SSSR count). The van der Waals surface area contributed by atoms with Crippen LogP contribution in [0.1, 0.15) is 21.5 Å². The lowest BCUT2D eigenvalue weighted by molar-refractivity contribution is 0.0746. The van der Waals surface area contributed by atoms with E-state index in [1.807, 2.05) is 23.1 Å². The van der Waals surface area contributed by atoms with Crippen LogP contribution in [0.4, 0.5) is 20.7 Å². The highest BCUT2D eigenvalue weighted by atomic mass is 19.1. The minimum atomic E-state index is -0.297. The molecule has 3 amide bonds. The molecule has 0 spiro atoms. The minimum absolute atomic E-state index is 0.0226. The van der Waals surface area contributed by atoms with Gasteiger partial charge in [-0.3, -0.25) is 4.79 Å². The van der Waals surface area contributed by atoms with Gasteiger partial charge in [-0.1, -0.05) is 12.1 Å². The first-order valence-corrected chi connectivity index (χ1v) is 11.0. The second kappa shape index (κ2) is 8.90. The van der Waals surface area contributed by atoms with E-state index in [1.165, 1.54) is 12.1 Å². The highest BCUT2D eigenvalue weighted by molar-refractivity contribution is 5.95. The van der Waals surface area contributed by atoms with Gasteiger partial charge in [-0.2, -0.15) is 0 Å². The molecule has 0 radical (unpaired) electrons. The molecule has 0 atom stereocenters. The molecule has 7 nitrogen and oxygen atoms in total. The Kier molecular flexibility index (Phi) is 5.64. The maximum Gasteiger partial charge on any atom is 0.322 e. The molecular formula is C25H24FN5O2. The third-order valence-corrected chi connectivity index (χ3v) is 6.10. The molecule has 1 N–H and O–H groups in total. The average molecular weight is 445 g/mol.